The van der Waals surface area contributed by atoms with Crippen LogP contribution < -0.4 is 11.0 Å². The smallest absolute Gasteiger partial charge is 0.317 e. The van der Waals surface area contributed by atoms with Crippen molar-refractivity contribution in [2.45, 2.75) is 18.9 Å². The third-order valence-corrected chi connectivity index (χ3v) is 4.75. The minimum absolute atomic E-state index is 0.0102. The van der Waals surface area contributed by atoms with Crippen molar-refractivity contribution >= 4 is 0 Å². The second-order valence-electron chi connectivity index (χ2n) is 6.30. The quantitative estimate of drug-likeness (QED) is 0.777. The van der Waals surface area contributed by atoms with E-state index in [0.29, 0.717) is 6.04 Å². The summed E-state index contributed by atoms with van der Waals surface area (Å²) in [7, 11) is 0. The van der Waals surface area contributed by atoms with Crippen LogP contribution in [0.4, 0.5) is 0 Å². The van der Waals surface area contributed by atoms with Crippen molar-refractivity contribution < 1.29 is 0 Å². The van der Waals surface area contributed by atoms with Crippen LogP contribution in [0.25, 0.3) is 22.4 Å². The van der Waals surface area contributed by atoms with Gasteiger partial charge in [-0.25, -0.2) is 4.79 Å². The molecule has 0 amide bonds. The van der Waals surface area contributed by atoms with Gasteiger partial charge in [-0.1, -0.05) is 54.6 Å². The van der Waals surface area contributed by atoms with E-state index in [0.717, 1.165) is 37.2 Å². The maximum absolute atomic E-state index is 12.3. The van der Waals surface area contributed by atoms with E-state index in [1.54, 1.807) is 0 Å². The highest BCUT2D eigenvalue weighted by Crippen LogP contribution is 2.24. The molecule has 1 aliphatic rings. The summed E-state index contributed by atoms with van der Waals surface area (Å²) >= 11 is 0. The Labute approximate surface area is 141 Å². The highest BCUT2D eigenvalue weighted by Gasteiger charge is 2.17. The Balaban J connectivity index is 1.61. The molecule has 122 valence electrons. The van der Waals surface area contributed by atoms with Gasteiger partial charge in [-0.05, 0) is 42.6 Å². The molecule has 1 saturated heterocycles. The average molecular weight is 319 g/mol. The Bertz CT molecular complexity index is 856. The molecular formula is C20H21N3O. The Hall–Kier alpha value is -2.59. The maximum atomic E-state index is 12.3. The normalized spacial score (nSPS) is 15.5. The van der Waals surface area contributed by atoms with Crippen molar-refractivity contribution in [3.8, 4) is 22.4 Å². The summed E-state index contributed by atoms with van der Waals surface area (Å²) in [5.41, 5.74) is 4.30. The Morgan fingerprint density at radius 1 is 0.833 bits per heavy atom. The molecule has 24 heavy (non-hydrogen) atoms. The maximum Gasteiger partial charge on any atom is 0.326 e. The van der Waals surface area contributed by atoms with Crippen molar-refractivity contribution in [2.24, 2.45) is 0 Å². The minimum Gasteiger partial charge on any atom is -0.317 e. The van der Waals surface area contributed by atoms with Crippen LogP contribution in [0.1, 0.15) is 18.9 Å². The lowest BCUT2D eigenvalue weighted by molar-refractivity contribution is 0.361. The summed E-state index contributed by atoms with van der Waals surface area (Å²) in [5, 5.41) is 3.34. The van der Waals surface area contributed by atoms with E-state index in [2.05, 4.69) is 46.7 Å². The van der Waals surface area contributed by atoms with Crippen molar-refractivity contribution in [1.82, 2.24) is 14.9 Å². The molecule has 4 nitrogen and oxygen atoms in total. The molecule has 0 atom stereocenters. The molecule has 2 N–H and O–H groups in total. The Morgan fingerprint density at radius 2 is 1.46 bits per heavy atom. The van der Waals surface area contributed by atoms with Crippen LogP contribution in [0.15, 0.2) is 65.6 Å². The molecule has 2 heterocycles. The summed E-state index contributed by atoms with van der Waals surface area (Å²) in [4.78, 5) is 15.3. The van der Waals surface area contributed by atoms with Gasteiger partial charge in [-0.15, -0.1) is 0 Å². The molecule has 0 unspecified atom stereocenters. The molecule has 0 radical (unpaired) electrons. The van der Waals surface area contributed by atoms with Crippen LogP contribution in [0, 0.1) is 0 Å². The van der Waals surface area contributed by atoms with Crippen LogP contribution in [-0.2, 0) is 0 Å². The van der Waals surface area contributed by atoms with E-state index in [1.807, 2.05) is 29.0 Å². The van der Waals surface area contributed by atoms with Crippen LogP contribution in [0.5, 0.6) is 0 Å². The molecule has 3 aromatic rings. The summed E-state index contributed by atoms with van der Waals surface area (Å²) in [5.74, 6) is 0. The fraction of sp³-hybridized carbons (Fsp3) is 0.250. The van der Waals surface area contributed by atoms with Gasteiger partial charge in [0, 0.05) is 12.2 Å². The standard InChI is InChI=1S/C20H21N3O/c24-20-22-19(14-23(20)18-10-12-21-13-11-18)17-8-6-16(7-9-17)15-4-2-1-3-5-15/h1-9,14,18,21H,10-13H2,(H,22,24). The van der Waals surface area contributed by atoms with Crippen molar-refractivity contribution in [2.75, 3.05) is 13.1 Å². The largest absolute Gasteiger partial charge is 0.326 e. The lowest BCUT2D eigenvalue weighted by Crippen LogP contribution is -2.32. The van der Waals surface area contributed by atoms with Gasteiger partial charge in [0.05, 0.1) is 5.69 Å². The Morgan fingerprint density at radius 3 is 2.17 bits per heavy atom. The highest BCUT2D eigenvalue weighted by atomic mass is 16.1. The first-order chi connectivity index (χ1) is 11.8. The summed E-state index contributed by atoms with van der Waals surface area (Å²) in [6.07, 6.45) is 3.98. The lowest BCUT2D eigenvalue weighted by Gasteiger charge is -2.22. The third kappa shape index (κ3) is 2.93. The van der Waals surface area contributed by atoms with E-state index in [-0.39, 0.29) is 5.69 Å². The van der Waals surface area contributed by atoms with Gasteiger partial charge in [0.25, 0.3) is 0 Å². The third-order valence-electron chi connectivity index (χ3n) is 4.75. The highest BCUT2D eigenvalue weighted by molar-refractivity contribution is 5.68. The monoisotopic (exact) mass is 319 g/mol. The van der Waals surface area contributed by atoms with Gasteiger partial charge < -0.3 is 10.3 Å². The number of imidazole rings is 1. The number of piperidine rings is 1. The molecule has 0 spiro atoms. The second-order valence-corrected chi connectivity index (χ2v) is 6.30. The average Bonchev–Trinajstić information content (AvgIpc) is 3.05. The van der Waals surface area contributed by atoms with Crippen LogP contribution in [-0.4, -0.2) is 22.6 Å². The number of H-pyrrole nitrogens is 1. The summed E-state index contributed by atoms with van der Waals surface area (Å²) in [6.45, 7) is 1.95. The number of rotatable bonds is 3. The van der Waals surface area contributed by atoms with Crippen LogP contribution in [0.3, 0.4) is 0 Å². The molecular weight excluding hydrogens is 298 g/mol. The number of nitrogens with zero attached hydrogens (tertiary/aromatic N) is 1. The zero-order chi connectivity index (χ0) is 16.4. The van der Waals surface area contributed by atoms with Gasteiger partial charge in [0.2, 0.25) is 0 Å². The number of aromatic nitrogens is 2. The minimum atomic E-state index is -0.0102. The van der Waals surface area contributed by atoms with E-state index in [9.17, 15) is 4.79 Å². The van der Waals surface area contributed by atoms with Gasteiger partial charge in [0.1, 0.15) is 0 Å². The van der Waals surface area contributed by atoms with Crippen molar-refractivity contribution in [1.29, 1.82) is 0 Å². The predicted octanol–water partition coefficient (Wildman–Crippen LogP) is 3.43. The lowest BCUT2D eigenvalue weighted by atomic mass is 10.0. The topological polar surface area (TPSA) is 49.8 Å². The SMILES string of the molecule is O=c1[nH]c(-c2ccc(-c3ccccc3)cc2)cn1C1CCNCC1. The number of aromatic amines is 1. The molecule has 4 rings (SSSR count). The first-order valence-corrected chi connectivity index (χ1v) is 8.49. The molecule has 1 aliphatic heterocycles. The molecule has 0 bridgehead atoms. The number of hydrogen-bond donors (Lipinski definition) is 2. The van der Waals surface area contributed by atoms with Gasteiger partial charge in [-0.3, -0.25) is 4.57 Å². The second kappa shape index (κ2) is 6.49. The van der Waals surface area contributed by atoms with E-state index >= 15 is 0 Å². The molecule has 2 aromatic carbocycles. The number of benzene rings is 2. The van der Waals surface area contributed by atoms with Gasteiger partial charge >= 0.3 is 5.69 Å². The molecule has 0 saturated carbocycles. The first-order valence-electron chi connectivity index (χ1n) is 8.49. The van der Waals surface area contributed by atoms with E-state index in [1.165, 1.54) is 11.1 Å². The molecule has 0 aliphatic carbocycles. The fourth-order valence-corrected chi connectivity index (χ4v) is 3.39. The number of hydrogen-bond acceptors (Lipinski definition) is 2. The van der Waals surface area contributed by atoms with Crippen LogP contribution in [0.2, 0.25) is 0 Å². The molecule has 1 aromatic heterocycles. The fourth-order valence-electron chi connectivity index (χ4n) is 3.39. The van der Waals surface area contributed by atoms with Gasteiger partial charge in [0.15, 0.2) is 0 Å². The zero-order valence-corrected chi connectivity index (χ0v) is 13.5. The van der Waals surface area contributed by atoms with Gasteiger partial charge in [-0.2, -0.15) is 0 Å². The Kier molecular flexibility index (Phi) is 4.05. The van der Waals surface area contributed by atoms with Crippen molar-refractivity contribution in [3.63, 3.8) is 0 Å². The van der Waals surface area contributed by atoms with Crippen molar-refractivity contribution in [3.05, 3.63) is 71.3 Å². The predicted molar refractivity (Wildman–Crippen MR) is 97.1 cm³/mol. The summed E-state index contributed by atoms with van der Waals surface area (Å²) < 4.78 is 1.86. The number of nitrogens with one attached hydrogen (secondary N) is 2. The first kappa shape index (κ1) is 15.0. The molecule has 1 fully saturated rings. The van der Waals surface area contributed by atoms with E-state index in [4.69, 9.17) is 0 Å². The van der Waals surface area contributed by atoms with Crippen LogP contribution >= 0.6 is 0 Å². The summed E-state index contributed by atoms with van der Waals surface area (Å²) in [6, 6.07) is 18.9. The zero-order valence-electron chi connectivity index (χ0n) is 13.5. The molecule has 4 heteroatoms. The van der Waals surface area contributed by atoms with E-state index < -0.39 is 0 Å².